The number of fused-ring (bicyclic) bond motifs is 1. The van der Waals surface area contributed by atoms with Crippen LogP contribution in [0.3, 0.4) is 0 Å². The number of halogens is 3. The predicted molar refractivity (Wildman–Crippen MR) is 154 cm³/mol. The van der Waals surface area contributed by atoms with Crippen LogP contribution in [0.1, 0.15) is 29.7 Å². The average Bonchev–Trinajstić information content (AvgIpc) is 3.37. The van der Waals surface area contributed by atoms with Crippen molar-refractivity contribution < 1.29 is 14.3 Å². The van der Waals surface area contributed by atoms with E-state index in [4.69, 9.17) is 32.7 Å². The smallest absolute Gasteiger partial charge is 0.255 e. The summed E-state index contributed by atoms with van der Waals surface area (Å²) in [6.45, 7) is 3.94. The third-order valence-corrected chi connectivity index (χ3v) is 7.48. The Labute approximate surface area is 243 Å². The van der Waals surface area contributed by atoms with Crippen LogP contribution < -0.4 is 20.1 Å². The number of benzene rings is 3. The lowest BCUT2D eigenvalue weighted by Gasteiger charge is -2.28. The minimum absolute atomic E-state index is 0.192. The second-order valence-corrected chi connectivity index (χ2v) is 10.5. The molecule has 9 nitrogen and oxygen atoms in total. The highest BCUT2D eigenvalue weighted by Gasteiger charge is 2.35. The van der Waals surface area contributed by atoms with Crippen LogP contribution in [0.15, 0.2) is 70.3 Å². The van der Waals surface area contributed by atoms with Crippen LogP contribution in [-0.4, -0.2) is 33.2 Å². The van der Waals surface area contributed by atoms with Gasteiger partial charge in [-0.15, -0.1) is 0 Å². The Morgan fingerprint density at radius 1 is 1.15 bits per heavy atom. The van der Waals surface area contributed by atoms with Crippen LogP contribution in [0.25, 0.3) is 0 Å². The maximum Gasteiger partial charge on any atom is 0.255 e. The molecule has 0 aliphatic carbocycles. The molecule has 0 saturated heterocycles. The highest BCUT2D eigenvalue weighted by atomic mass is 79.9. The minimum atomic E-state index is -0.648. The number of anilines is 2. The number of aromatic nitrogens is 4. The van der Waals surface area contributed by atoms with Crippen LogP contribution in [-0.2, 0) is 11.4 Å². The number of carbonyl (C=O) groups excluding carboxylic acids is 1. The van der Waals surface area contributed by atoms with Gasteiger partial charge in [-0.25, -0.2) is 0 Å². The van der Waals surface area contributed by atoms with Gasteiger partial charge in [0, 0.05) is 27.0 Å². The summed E-state index contributed by atoms with van der Waals surface area (Å²) in [5.41, 5.74) is 4.21. The SMILES string of the molecule is COc1cc(C2C(C(=O)Nc3ccccc3C)=C(C)Nc3nnnn32)cc(Br)c1OCc1ccc(Cl)cc1Cl. The number of hydrogen-bond acceptors (Lipinski definition) is 7. The molecule has 1 amide bonds. The van der Waals surface area contributed by atoms with Crippen molar-refractivity contribution in [2.24, 2.45) is 0 Å². The van der Waals surface area contributed by atoms with Crippen molar-refractivity contribution in [2.45, 2.75) is 26.5 Å². The van der Waals surface area contributed by atoms with Crippen LogP contribution in [0, 0.1) is 6.92 Å². The summed E-state index contributed by atoms with van der Waals surface area (Å²) in [6.07, 6.45) is 0. The highest BCUT2D eigenvalue weighted by Crippen LogP contribution is 2.43. The van der Waals surface area contributed by atoms with Crippen molar-refractivity contribution in [1.82, 2.24) is 20.2 Å². The zero-order valence-electron chi connectivity index (χ0n) is 21.1. The van der Waals surface area contributed by atoms with Crippen LogP contribution >= 0.6 is 39.1 Å². The Hall–Kier alpha value is -3.60. The topological polar surface area (TPSA) is 103 Å². The van der Waals surface area contributed by atoms with E-state index in [2.05, 4.69) is 42.1 Å². The number of nitrogens with one attached hydrogen (secondary N) is 2. The monoisotopic (exact) mass is 628 g/mol. The van der Waals surface area contributed by atoms with E-state index in [9.17, 15) is 4.79 Å². The van der Waals surface area contributed by atoms with E-state index < -0.39 is 6.04 Å². The van der Waals surface area contributed by atoms with Gasteiger partial charge in [-0.1, -0.05) is 52.6 Å². The van der Waals surface area contributed by atoms with E-state index in [1.165, 1.54) is 0 Å². The zero-order valence-corrected chi connectivity index (χ0v) is 24.2. The third-order valence-electron chi connectivity index (χ3n) is 6.31. The lowest BCUT2D eigenvalue weighted by Crippen LogP contribution is -2.31. The van der Waals surface area contributed by atoms with E-state index in [1.54, 1.807) is 36.1 Å². The van der Waals surface area contributed by atoms with Crippen LogP contribution in [0.5, 0.6) is 11.5 Å². The van der Waals surface area contributed by atoms with Gasteiger partial charge < -0.3 is 20.1 Å². The molecule has 0 saturated carbocycles. The fourth-order valence-electron chi connectivity index (χ4n) is 4.34. The van der Waals surface area contributed by atoms with Crippen molar-refractivity contribution in [3.05, 3.63) is 97.1 Å². The van der Waals surface area contributed by atoms with Crippen molar-refractivity contribution >= 4 is 56.7 Å². The second-order valence-electron chi connectivity index (χ2n) is 8.84. The van der Waals surface area contributed by atoms with Gasteiger partial charge in [0.05, 0.1) is 17.2 Å². The largest absolute Gasteiger partial charge is 0.493 e. The van der Waals surface area contributed by atoms with E-state index in [-0.39, 0.29) is 12.5 Å². The normalized spacial score (nSPS) is 14.5. The summed E-state index contributed by atoms with van der Waals surface area (Å²) in [5, 5.41) is 19.3. The fourth-order valence-corrected chi connectivity index (χ4v) is 5.38. The first kappa shape index (κ1) is 27.0. The summed E-state index contributed by atoms with van der Waals surface area (Å²) in [7, 11) is 1.55. The molecule has 2 heterocycles. The number of nitrogens with zero attached hydrogens (tertiary/aromatic N) is 4. The van der Waals surface area contributed by atoms with Gasteiger partial charge in [-0.05, 0) is 81.7 Å². The van der Waals surface area contributed by atoms with Crippen molar-refractivity contribution in [1.29, 1.82) is 0 Å². The first-order valence-corrected chi connectivity index (χ1v) is 13.4. The minimum Gasteiger partial charge on any atom is -0.493 e. The fraction of sp³-hybridized carbons (Fsp3) is 0.185. The standard InChI is InChI=1S/C27H23BrCl2N6O3/c1-14-6-4-5-7-21(14)32-26(37)23-15(2)31-27-33-34-35-36(27)24(23)17-10-19(28)25(22(11-17)38-3)39-13-16-8-9-18(29)12-20(16)30/h4-12,24H,13H2,1-3H3,(H,32,37)(H,31,33,35). The maximum atomic E-state index is 13.7. The summed E-state index contributed by atoms with van der Waals surface area (Å²) in [5.74, 6) is 1.06. The molecule has 1 aliphatic heterocycles. The molecule has 2 N–H and O–H groups in total. The van der Waals surface area contributed by atoms with Crippen LogP contribution in [0.4, 0.5) is 11.6 Å². The second kappa shape index (κ2) is 11.3. The highest BCUT2D eigenvalue weighted by molar-refractivity contribution is 9.10. The van der Waals surface area contributed by atoms with Gasteiger partial charge in [0.2, 0.25) is 5.95 Å². The molecule has 1 unspecified atom stereocenters. The number of ether oxygens (including phenoxy) is 2. The number of rotatable bonds is 7. The van der Waals surface area contributed by atoms with E-state index in [0.717, 1.165) is 11.1 Å². The number of tetrazole rings is 1. The summed E-state index contributed by atoms with van der Waals surface area (Å²) in [4.78, 5) is 13.7. The molecule has 1 atom stereocenters. The van der Waals surface area contributed by atoms with Gasteiger partial charge in [0.1, 0.15) is 12.6 Å². The first-order valence-electron chi connectivity index (χ1n) is 11.8. The van der Waals surface area contributed by atoms with Crippen molar-refractivity contribution in [3.8, 4) is 11.5 Å². The zero-order chi connectivity index (χ0) is 27.7. The Kier molecular flexibility index (Phi) is 7.79. The molecular weight excluding hydrogens is 607 g/mol. The summed E-state index contributed by atoms with van der Waals surface area (Å²) in [6, 6.07) is 15.8. The predicted octanol–water partition coefficient (Wildman–Crippen LogP) is 6.57. The summed E-state index contributed by atoms with van der Waals surface area (Å²) < 4.78 is 14.0. The van der Waals surface area contributed by atoms with Crippen molar-refractivity contribution in [3.63, 3.8) is 0 Å². The molecule has 0 spiro atoms. The molecule has 1 aliphatic rings. The third kappa shape index (κ3) is 5.45. The molecule has 39 heavy (non-hydrogen) atoms. The Balaban J connectivity index is 1.52. The quantitative estimate of drug-likeness (QED) is 0.238. The van der Waals surface area contributed by atoms with Gasteiger partial charge in [0.15, 0.2) is 11.5 Å². The Morgan fingerprint density at radius 3 is 2.69 bits per heavy atom. The van der Waals surface area contributed by atoms with Gasteiger partial charge in [0.25, 0.3) is 5.91 Å². The molecule has 0 fully saturated rings. The van der Waals surface area contributed by atoms with E-state index in [1.807, 2.05) is 44.2 Å². The number of allylic oxidation sites excluding steroid dienone is 1. The van der Waals surface area contributed by atoms with E-state index >= 15 is 0 Å². The number of para-hydroxylation sites is 1. The number of amides is 1. The molecule has 0 radical (unpaired) electrons. The summed E-state index contributed by atoms with van der Waals surface area (Å²) >= 11 is 16.0. The average molecular weight is 630 g/mol. The van der Waals surface area contributed by atoms with Gasteiger partial charge >= 0.3 is 0 Å². The molecule has 12 heteroatoms. The lowest BCUT2D eigenvalue weighted by atomic mass is 9.94. The molecule has 1 aromatic heterocycles. The molecule has 0 bridgehead atoms. The number of carbonyl (C=O) groups is 1. The van der Waals surface area contributed by atoms with Gasteiger partial charge in [-0.3, -0.25) is 4.79 Å². The molecular formula is C27H23BrCl2N6O3. The molecule has 3 aromatic carbocycles. The van der Waals surface area contributed by atoms with Crippen LogP contribution in [0.2, 0.25) is 10.0 Å². The number of hydrogen-bond donors (Lipinski definition) is 2. The number of methoxy groups -OCH3 is 1. The number of aryl methyl sites for hydroxylation is 1. The molecule has 4 aromatic rings. The first-order chi connectivity index (χ1) is 18.8. The molecule has 5 rings (SSSR count). The Bertz CT molecular complexity index is 1610. The lowest BCUT2D eigenvalue weighted by molar-refractivity contribution is -0.113. The van der Waals surface area contributed by atoms with Gasteiger partial charge in [-0.2, -0.15) is 4.68 Å². The molecule has 200 valence electrons. The Morgan fingerprint density at radius 2 is 1.95 bits per heavy atom. The van der Waals surface area contributed by atoms with E-state index in [0.29, 0.717) is 54.5 Å². The van der Waals surface area contributed by atoms with Crippen molar-refractivity contribution in [2.75, 3.05) is 17.7 Å². The maximum absolute atomic E-state index is 13.7.